The molecule has 23 heavy (non-hydrogen) atoms. The van der Waals surface area contributed by atoms with E-state index in [0.29, 0.717) is 17.9 Å². The molecule has 7 heteroatoms. The Morgan fingerprint density at radius 3 is 2.61 bits per heavy atom. The first kappa shape index (κ1) is 18.5. The lowest BCUT2D eigenvalue weighted by Gasteiger charge is -2.09. The summed E-state index contributed by atoms with van der Waals surface area (Å²) in [7, 11) is 1.53. The third-order valence-electron chi connectivity index (χ3n) is 2.77. The van der Waals surface area contributed by atoms with E-state index in [0.717, 1.165) is 0 Å². The number of hydrogen-bond donors (Lipinski definition) is 2. The van der Waals surface area contributed by atoms with Gasteiger partial charge in [-0.2, -0.15) is 0 Å². The fourth-order valence-corrected chi connectivity index (χ4v) is 1.65. The number of imide groups is 1. The Hall–Kier alpha value is -2.57. The van der Waals surface area contributed by atoms with Gasteiger partial charge in [-0.15, -0.1) is 0 Å². The summed E-state index contributed by atoms with van der Waals surface area (Å²) in [5.41, 5.74) is 0.712. The fourth-order valence-electron chi connectivity index (χ4n) is 1.65. The topological polar surface area (TPSA) is 93.7 Å². The van der Waals surface area contributed by atoms with Crippen molar-refractivity contribution in [3.05, 3.63) is 29.8 Å². The van der Waals surface area contributed by atoms with Crippen LogP contribution >= 0.6 is 0 Å². The highest BCUT2D eigenvalue weighted by molar-refractivity contribution is 5.95. The van der Waals surface area contributed by atoms with Gasteiger partial charge in [-0.3, -0.25) is 14.9 Å². The van der Waals surface area contributed by atoms with E-state index >= 15 is 0 Å². The summed E-state index contributed by atoms with van der Waals surface area (Å²) in [6.07, 6.45) is 0.0179. The second kappa shape index (κ2) is 9.45. The van der Waals surface area contributed by atoms with Gasteiger partial charge in [0.25, 0.3) is 5.91 Å². The predicted octanol–water partition coefficient (Wildman–Crippen LogP) is 1.26. The number of urea groups is 1. The Morgan fingerprint density at radius 1 is 1.22 bits per heavy atom. The zero-order valence-corrected chi connectivity index (χ0v) is 13.5. The molecule has 0 atom stereocenters. The maximum absolute atomic E-state index is 11.7. The van der Waals surface area contributed by atoms with Gasteiger partial charge in [0.05, 0.1) is 13.5 Å². The number of amides is 3. The molecule has 0 aliphatic heterocycles. The Kier molecular flexibility index (Phi) is 7.59. The van der Waals surface area contributed by atoms with Gasteiger partial charge in [0, 0.05) is 6.54 Å². The van der Waals surface area contributed by atoms with E-state index in [1.54, 1.807) is 24.3 Å². The molecular formula is C16H22N2O5. The third kappa shape index (κ3) is 7.85. The van der Waals surface area contributed by atoms with E-state index in [-0.39, 0.29) is 12.3 Å². The molecule has 2 N–H and O–H groups in total. The van der Waals surface area contributed by atoms with Crippen molar-refractivity contribution in [3.63, 3.8) is 0 Å². The molecule has 0 aliphatic rings. The maximum atomic E-state index is 11.7. The minimum Gasteiger partial charge on any atom is -0.497 e. The Labute approximate surface area is 135 Å². The van der Waals surface area contributed by atoms with Gasteiger partial charge in [-0.25, -0.2) is 4.79 Å². The standard InChI is InChI=1S/C16H22N2O5/c1-11(2)9-17-16(21)18-14(19)10-23-15(20)8-12-5-4-6-13(7-12)22-3/h4-7,11H,8-10H2,1-3H3,(H2,17,18,19,21). The molecule has 0 unspecified atom stereocenters. The average molecular weight is 322 g/mol. The van der Waals surface area contributed by atoms with Crippen LogP contribution in [0.5, 0.6) is 5.75 Å². The van der Waals surface area contributed by atoms with Crippen molar-refractivity contribution in [1.29, 1.82) is 0 Å². The van der Waals surface area contributed by atoms with E-state index < -0.39 is 24.5 Å². The van der Waals surface area contributed by atoms with Gasteiger partial charge in [0.15, 0.2) is 6.61 Å². The minimum atomic E-state index is -0.676. The molecular weight excluding hydrogens is 300 g/mol. The summed E-state index contributed by atoms with van der Waals surface area (Å²) in [6.45, 7) is 3.82. The van der Waals surface area contributed by atoms with Crippen LogP contribution in [-0.2, 0) is 20.7 Å². The lowest BCUT2D eigenvalue weighted by Crippen LogP contribution is -2.42. The van der Waals surface area contributed by atoms with Crippen molar-refractivity contribution in [2.45, 2.75) is 20.3 Å². The van der Waals surface area contributed by atoms with Crippen LogP contribution in [0.15, 0.2) is 24.3 Å². The van der Waals surface area contributed by atoms with Gasteiger partial charge < -0.3 is 14.8 Å². The second-order valence-corrected chi connectivity index (χ2v) is 5.34. The molecule has 126 valence electrons. The first-order valence-corrected chi connectivity index (χ1v) is 7.27. The van der Waals surface area contributed by atoms with Gasteiger partial charge in [0.2, 0.25) is 0 Å². The Morgan fingerprint density at radius 2 is 1.96 bits per heavy atom. The molecule has 1 aromatic carbocycles. The number of rotatable bonds is 7. The summed E-state index contributed by atoms with van der Waals surface area (Å²) in [5.74, 6) is -0.326. The van der Waals surface area contributed by atoms with Gasteiger partial charge in [0.1, 0.15) is 5.75 Å². The van der Waals surface area contributed by atoms with Crippen molar-refractivity contribution in [1.82, 2.24) is 10.6 Å². The Bertz CT molecular complexity index is 557. The van der Waals surface area contributed by atoms with Crippen LogP contribution in [0.3, 0.4) is 0 Å². The highest BCUT2D eigenvalue weighted by atomic mass is 16.5. The minimum absolute atomic E-state index is 0.0179. The number of carbonyl (C=O) groups is 3. The zero-order chi connectivity index (χ0) is 17.2. The number of carbonyl (C=O) groups excluding carboxylic acids is 3. The number of hydrogen-bond acceptors (Lipinski definition) is 5. The first-order chi connectivity index (χ1) is 10.9. The van der Waals surface area contributed by atoms with Crippen molar-refractivity contribution in [3.8, 4) is 5.75 Å². The number of nitrogens with one attached hydrogen (secondary N) is 2. The monoisotopic (exact) mass is 322 g/mol. The molecule has 7 nitrogen and oxygen atoms in total. The molecule has 0 bridgehead atoms. The van der Waals surface area contributed by atoms with Crippen LogP contribution in [0.4, 0.5) is 4.79 Å². The predicted molar refractivity (Wildman–Crippen MR) is 84.0 cm³/mol. The van der Waals surface area contributed by atoms with Crippen LogP contribution in [0.25, 0.3) is 0 Å². The van der Waals surface area contributed by atoms with Crippen molar-refractivity contribution in [2.24, 2.45) is 5.92 Å². The van der Waals surface area contributed by atoms with E-state index in [9.17, 15) is 14.4 Å². The lowest BCUT2D eigenvalue weighted by molar-refractivity contribution is -0.147. The molecule has 3 amide bonds. The van der Waals surface area contributed by atoms with E-state index in [1.165, 1.54) is 7.11 Å². The molecule has 0 spiro atoms. The first-order valence-electron chi connectivity index (χ1n) is 7.27. The molecule has 0 saturated heterocycles. The third-order valence-corrected chi connectivity index (χ3v) is 2.77. The number of esters is 1. The van der Waals surface area contributed by atoms with E-state index in [2.05, 4.69) is 10.6 Å². The quantitative estimate of drug-likeness (QED) is 0.737. The summed E-state index contributed by atoms with van der Waals surface area (Å²) >= 11 is 0. The summed E-state index contributed by atoms with van der Waals surface area (Å²) in [6, 6.07) is 6.38. The number of ether oxygens (including phenoxy) is 2. The zero-order valence-electron chi connectivity index (χ0n) is 13.5. The molecule has 0 saturated carbocycles. The van der Waals surface area contributed by atoms with Crippen LogP contribution in [0, 0.1) is 5.92 Å². The largest absolute Gasteiger partial charge is 0.497 e. The number of benzene rings is 1. The van der Waals surface area contributed by atoms with Crippen LogP contribution < -0.4 is 15.4 Å². The molecule has 0 aromatic heterocycles. The fraction of sp³-hybridized carbons (Fsp3) is 0.438. The van der Waals surface area contributed by atoms with Crippen LogP contribution in [0.2, 0.25) is 0 Å². The summed E-state index contributed by atoms with van der Waals surface area (Å²) < 4.78 is 9.89. The van der Waals surface area contributed by atoms with Gasteiger partial charge in [-0.1, -0.05) is 26.0 Å². The van der Waals surface area contributed by atoms with E-state index in [4.69, 9.17) is 9.47 Å². The van der Waals surface area contributed by atoms with Gasteiger partial charge in [-0.05, 0) is 23.6 Å². The SMILES string of the molecule is COc1cccc(CC(=O)OCC(=O)NC(=O)NCC(C)C)c1. The highest BCUT2D eigenvalue weighted by Gasteiger charge is 2.11. The van der Waals surface area contributed by atoms with Gasteiger partial charge >= 0.3 is 12.0 Å². The highest BCUT2D eigenvalue weighted by Crippen LogP contribution is 2.13. The molecule has 0 heterocycles. The van der Waals surface area contributed by atoms with Crippen molar-refractivity contribution >= 4 is 17.9 Å². The smallest absolute Gasteiger partial charge is 0.321 e. The van der Waals surface area contributed by atoms with E-state index in [1.807, 2.05) is 13.8 Å². The lowest BCUT2D eigenvalue weighted by atomic mass is 10.1. The molecule has 0 fully saturated rings. The molecule has 0 radical (unpaired) electrons. The van der Waals surface area contributed by atoms with Crippen LogP contribution in [0.1, 0.15) is 19.4 Å². The van der Waals surface area contributed by atoms with Crippen molar-refractivity contribution < 1.29 is 23.9 Å². The average Bonchev–Trinajstić information content (AvgIpc) is 2.51. The maximum Gasteiger partial charge on any atom is 0.321 e. The Balaban J connectivity index is 2.32. The number of methoxy groups -OCH3 is 1. The van der Waals surface area contributed by atoms with Crippen LogP contribution in [-0.4, -0.2) is 38.2 Å². The molecule has 1 rings (SSSR count). The second-order valence-electron chi connectivity index (χ2n) is 5.34. The normalized spacial score (nSPS) is 10.1. The molecule has 1 aromatic rings. The summed E-state index contributed by atoms with van der Waals surface area (Å²) in [4.78, 5) is 34.5. The van der Waals surface area contributed by atoms with Crippen molar-refractivity contribution in [2.75, 3.05) is 20.3 Å². The summed E-state index contributed by atoms with van der Waals surface area (Å²) in [5, 5.41) is 4.61. The molecule has 0 aliphatic carbocycles.